The van der Waals surface area contributed by atoms with E-state index in [-0.39, 0.29) is 12.5 Å². The van der Waals surface area contributed by atoms with Gasteiger partial charge in [-0.3, -0.25) is 14.4 Å². The Kier molecular flexibility index (Phi) is 10.0. The third-order valence-electron chi connectivity index (χ3n) is 11.9. The number of unbranched alkanes of at least 4 members (excludes halogenated alkanes) is 7. The van der Waals surface area contributed by atoms with Crippen LogP contribution < -0.4 is 0 Å². The highest BCUT2D eigenvalue weighted by Gasteiger charge is 2.89. The Bertz CT molecular complexity index is 1510. The molecule has 274 valence electrons. The van der Waals surface area contributed by atoms with Gasteiger partial charge >= 0.3 is 17.9 Å². The molecule has 0 radical (unpaired) electrons. The van der Waals surface area contributed by atoms with Gasteiger partial charge in [0.1, 0.15) is 30.5 Å². The molecule has 0 aromatic heterocycles. The van der Waals surface area contributed by atoms with Crippen LogP contribution in [0.5, 0.6) is 0 Å². The predicted octanol–water partition coefficient (Wildman–Crippen LogP) is 6.13. The van der Waals surface area contributed by atoms with Gasteiger partial charge in [0, 0.05) is 25.8 Å². The number of ether oxygens (including phenoxy) is 6. The molecule has 10 nitrogen and oxygen atoms in total. The number of rotatable bonds is 15. The molecule has 2 saturated carbocycles. The third kappa shape index (κ3) is 5.61. The molecular weight excluding hydrogens is 640 g/mol. The molecule has 0 unspecified atom stereocenters. The molecular formula is C40H54O10. The topological polar surface area (TPSA) is 130 Å². The first-order valence-electron chi connectivity index (χ1n) is 18.4. The van der Waals surface area contributed by atoms with Crippen LogP contribution in [0.3, 0.4) is 0 Å². The fourth-order valence-corrected chi connectivity index (χ4v) is 9.68. The average Bonchev–Trinajstić information content (AvgIpc) is 3.68. The lowest BCUT2D eigenvalue weighted by atomic mass is 9.54. The lowest BCUT2D eigenvalue weighted by molar-refractivity contribution is -0.406. The zero-order chi connectivity index (χ0) is 36.1. The van der Waals surface area contributed by atoms with Crippen molar-refractivity contribution >= 4 is 17.7 Å². The smallest absolute Gasteiger partial charge is 0.306 e. The number of Topliss-reactive ketones (excluding diaryl/α,β-unsaturated/α-hetero) is 1. The summed E-state index contributed by atoms with van der Waals surface area (Å²) in [6.45, 7) is 14.2. The summed E-state index contributed by atoms with van der Waals surface area (Å²) < 4.78 is 38.6. The van der Waals surface area contributed by atoms with Gasteiger partial charge in [0.15, 0.2) is 5.60 Å². The molecule has 0 amide bonds. The summed E-state index contributed by atoms with van der Waals surface area (Å²) in [5.74, 6) is -5.41. The molecule has 0 aromatic carbocycles. The second kappa shape index (κ2) is 13.6. The fourth-order valence-electron chi connectivity index (χ4n) is 9.68. The summed E-state index contributed by atoms with van der Waals surface area (Å²) in [7, 11) is 0. The number of hydrogen-bond acceptors (Lipinski definition) is 10. The van der Waals surface area contributed by atoms with Gasteiger partial charge in [0.05, 0.1) is 11.5 Å². The standard InChI is InChI=1S/C40H54O10/c1-8-9-10-11-12-13-14-15-16-17-18-19-20-21-38-48-33-31-34-37(47-34,24-45-28(6)41)35(44)40(46-29(7)42)30(22-26(4)32(40)43)39(31,50-38)27(5)23-36(33,49-38)25(2)3/h16-22,27,30-31,33-35,44H,2,8-15,23-24H2,1,3-7H3/b17-16-,19-18+,21-20+/t27-,30-,31-,33-,34+,35+,36-,37+,38-,39+,40-/m1/s1. The van der Waals surface area contributed by atoms with Gasteiger partial charge in [-0.2, -0.15) is 0 Å². The van der Waals surface area contributed by atoms with Gasteiger partial charge < -0.3 is 33.5 Å². The molecule has 3 aliphatic heterocycles. The van der Waals surface area contributed by atoms with Crippen molar-refractivity contribution in [2.45, 2.75) is 146 Å². The molecule has 3 aliphatic carbocycles. The molecule has 10 heteroatoms. The van der Waals surface area contributed by atoms with Crippen molar-refractivity contribution in [3.05, 3.63) is 60.3 Å². The van der Waals surface area contributed by atoms with Gasteiger partial charge in [-0.25, -0.2) is 0 Å². The van der Waals surface area contributed by atoms with Gasteiger partial charge in [-0.1, -0.05) is 95.4 Å². The molecule has 5 fully saturated rings. The van der Waals surface area contributed by atoms with Crippen LogP contribution in [0.2, 0.25) is 0 Å². The van der Waals surface area contributed by atoms with Crippen LogP contribution in [0.4, 0.5) is 0 Å². The highest BCUT2D eigenvalue weighted by Crippen LogP contribution is 2.73. The third-order valence-corrected chi connectivity index (χ3v) is 11.9. The maximum Gasteiger partial charge on any atom is 0.306 e. The first kappa shape index (κ1) is 36.9. The minimum absolute atomic E-state index is 0.319. The van der Waals surface area contributed by atoms with Crippen molar-refractivity contribution in [3.8, 4) is 0 Å². The molecule has 50 heavy (non-hydrogen) atoms. The van der Waals surface area contributed by atoms with Crippen molar-refractivity contribution in [1.29, 1.82) is 0 Å². The summed E-state index contributed by atoms with van der Waals surface area (Å²) in [6, 6.07) is 0. The van der Waals surface area contributed by atoms with E-state index in [4.69, 9.17) is 28.4 Å². The van der Waals surface area contributed by atoms with E-state index < -0.39 is 76.2 Å². The monoisotopic (exact) mass is 694 g/mol. The van der Waals surface area contributed by atoms with Crippen molar-refractivity contribution in [2.75, 3.05) is 6.61 Å². The van der Waals surface area contributed by atoms with E-state index in [0.29, 0.717) is 12.0 Å². The van der Waals surface area contributed by atoms with Gasteiger partial charge in [-0.15, -0.1) is 0 Å². The summed E-state index contributed by atoms with van der Waals surface area (Å²) in [5, 5.41) is 12.3. The van der Waals surface area contributed by atoms with E-state index in [1.807, 2.05) is 38.2 Å². The maximum atomic E-state index is 14.3. The van der Waals surface area contributed by atoms with Crippen molar-refractivity contribution in [1.82, 2.24) is 0 Å². The highest BCUT2D eigenvalue weighted by molar-refractivity contribution is 6.06. The quantitative estimate of drug-likeness (QED) is 0.0703. The Labute approximate surface area is 295 Å². The Morgan fingerprint density at radius 2 is 1.68 bits per heavy atom. The van der Waals surface area contributed by atoms with Crippen LogP contribution in [0.1, 0.15) is 99.3 Å². The lowest BCUT2D eigenvalue weighted by Gasteiger charge is -2.59. The Morgan fingerprint density at radius 3 is 2.36 bits per heavy atom. The minimum atomic E-state index is -2.10. The summed E-state index contributed by atoms with van der Waals surface area (Å²) in [6.07, 6.45) is 20.6. The average molecular weight is 695 g/mol. The molecule has 3 bridgehead atoms. The van der Waals surface area contributed by atoms with Crippen LogP contribution in [0.15, 0.2) is 60.3 Å². The van der Waals surface area contributed by atoms with Crippen LogP contribution in [0.25, 0.3) is 0 Å². The zero-order valence-electron chi connectivity index (χ0n) is 30.4. The van der Waals surface area contributed by atoms with Crippen molar-refractivity contribution in [2.24, 2.45) is 17.8 Å². The first-order valence-corrected chi connectivity index (χ1v) is 18.4. The van der Waals surface area contributed by atoms with Crippen LogP contribution in [0, 0.1) is 17.8 Å². The molecule has 6 rings (SSSR count). The Balaban J connectivity index is 1.34. The molecule has 0 aromatic rings. The normalized spacial score (nSPS) is 42.4. The largest absolute Gasteiger partial charge is 0.463 e. The summed E-state index contributed by atoms with van der Waals surface area (Å²) >= 11 is 0. The predicted molar refractivity (Wildman–Crippen MR) is 184 cm³/mol. The summed E-state index contributed by atoms with van der Waals surface area (Å²) in [4.78, 5) is 39.1. The molecule has 6 aliphatic rings. The Hall–Kier alpha value is -2.89. The van der Waals surface area contributed by atoms with E-state index in [2.05, 4.69) is 19.6 Å². The van der Waals surface area contributed by atoms with Gasteiger partial charge in [0.2, 0.25) is 11.4 Å². The number of carbonyl (C=O) groups excluding carboxylic acids is 3. The van der Waals surface area contributed by atoms with Crippen LogP contribution in [-0.2, 0) is 42.8 Å². The minimum Gasteiger partial charge on any atom is -0.463 e. The molecule has 0 spiro atoms. The van der Waals surface area contributed by atoms with E-state index in [0.717, 1.165) is 12.0 Å². The number of ketones is 1. The van der Waals surface area contributed by atoms with E-state index >= 15 is 0 Å². The molecule has 3 heterocycles. The number of fused-ring (bicyclic) bond motifs is 3. The van der Waals surface area contributed by atoms with Crippen LogP contribution in [-0.4, -0.2) is 76.1 Å². The van der Waals surface area contributed by atoms with E-state index in [1.165, 1.54) is 58.8 Å². The molecule has 11 atom stereocenters. The number of hydrogen-bond donors (Lipinski definition) is 1. The maximum absolute atomic E-state index is 14.3. The van der Waals surface area contributed by atoms with Crippen molar-refractivity contribution in [3.63, 3.8) is 0 Å². The van der Waals surface area contributed by atoms with E-state index in [1.54, 1.807) is 19.1 Å². The van der Waals surface area contributed by atoms with Crippen LogP contribution >= 0.6 is 0 Å². The van der Waals surface area contributed by atoms with Crippen molar-refractivity contribution < 1.29 is 47.9 Å². The number of aliphatic hydroxyl groups is 1. The second-order valence-corrected chi connectivity index (χ2v) is 15.3. The number of carbonyl (C=O) groups is 3. The number of esters is 2. The molecule has 3 saturated heterocycles. The SMILES string of the molecule is C=C(C)[C@]12C[C@@H](C)[C@@]34O[C@](/C=C/C=C/C=C\CCCCCCCCC)(O[C@@H]1[C@@H]3[C@@H]1O[C@]1(COC(C)=O)[C@H](O)[C@]1(OC(C)=O)C(=O)C(C)=C[C@@H]14)O2. The number of aliphatic hydroxyl groups excluding tert-OH is 1. The second-order valence-electron chi connectivity index (χ2n) is 15.3. The number of allylic oxidation sites excluding steroid dienone is 5. The molecule has 1 N–H and O–H groups in total. The summed E-state index contributed by atoms with van der Waals surface area (Å²) in [5.41, 5.74) is -4.86. The van der Waals surface area contributed by atoms with Gasteiger partial charge in [0.25, 0.3) is 0 Å². The lowest BCUT2D eigenvalue weighted by Crippen LogP contribution is -2.73. The zero-order valence-corrected chi connectivity index (χ0v) is 30.4. The van der Waals surface area contributed by atoms with Gasteiger partial charge in [-0.05, 0) is 50.2 Å². The Morgan fingerprint density at radius 1 is 0.980 bits per heavy atom. The fraction of sp³-hybridized carbons (Fsp3) is 0.675. The highest BCUT2D eigenvalue weighted by atomic mass is 16.9. The van der Waals surface area contributed by atoms with E-state index in [9.17, 15) is 19.5 Å². The first-order chi connectivity index (χ1) is 23.8. The number of epoxide rings is 1.